The van der Waals surface area contributed by atoms with E-state index in [1.54, 1.807) is 0 Å². The molecule has 0 spiro atoms. The molecule has 1 nitrogen and oxygen atoms in total. The van der Waals surface area contributed by atoms with Crippen LogP contribution in [-0.2, 0) is 4.79 Å². The van der Waals surface area contributed by atoms with Gasteiger partial charge in [0.1, 0.15) is 5.78 Å². The monoisotopic (exact) mass is 160 g/mol. The van der Waals surface area contributed by atoms with Crippen molar-refractivity contribution in [2.75, 3.05) is 0 Å². The zero-order valence-corrected chi connectivity index (χ0v) is 7.21. The summed E-state index contributed by atoms with van der Waals surface area (Å²) >= 11 is 0. The molecule has 2 aliphatic rings. The molecule has 0 amide bonds. The molecule has 1 unspecified atom stereocenters. The van der Waals surface area contributed by atoms with Crippen molar-refractivity contribution < 1.29 is 4.79 Å². The first-order valence-electron chi connectivity index (χ1n) is 4.32. The van der Waals surface area contributed by atoms with Crippen LogP contribution in [0.5, 0.6) is 0 Å². The van der Waals surface area contributed by atoms with Gasteiger partial charge in [-0.2, -0.15) is 0 Å². The van der Waals surface area contributed by atoms with Crippen LogP contribution in [0, 0.1) is 5.41 Å². The number of carbonyl (C=O) groups excluding carboxylic acids is 1. The second kappa shape index (κ2) is 2.44. The molecule has 1 atom stereocenters. The minimum atomic E-state index is -0.288. The molecule has 0 aliphatic heterocycles. The van der Waals surface area contributed by atoms with Crippen molar-refractivity contribution in [1.29, 1.82) is 0 Å². The first-order chi connectivity index (χ1) is 5.73. The van der Waals surface area contributed by atoms with Crippen LogP contribution < -0.4 is 0 Å². The molecular weight excluding hydrogens is 148 g/mol. The minimum absolute atomic E-state index is 0.288. The highest BCUT2D eigenvalue weighted by Gasteiger charge is 2.39. The van der Waals surface area contributed by atoms with E-state index in [2.05, 4.69) is 6.08 Å². The molecule has 1 fully saturated rings. The van der Waals surface area contributed by atoms with E-state index in [-0.39, 0.29) is 5.41 Å². The molecule has 2 aliphatic carbocycles. The van der Waals surface area contributed by atoms with E-state index < -0.39 is 0 Å². The lowest BCUT2D eigenvalue weighted by Crippen LogP contribution is -2.19. The summed E-state index contributed by atoms with van der Waals surface area (Å²) in [5.41, 5.74) is 0.973. The number of hydrogen-bond donors (Lipinski definition) is 0. The van der Waals surface area contributed by atoms with Crippen molar-refractivity contribution in [1.82, 2.24) is 0 Å². The molecule has 0 saturated heterocycles. The number of rotatable bonds is 0. The number of Topliss-reactive ketones (excluding diaryl/α,β-unsaturated/α-hetero) is 1. The maximum atomic E-state index is 11.6. The normalized spacial score (nSPS) is 33.1. The predicted octanol–water partition coefficient (Wildman–Crippen LogP) is 2.41. The summed E-state index contributed by atoms with van der Waals surface area (Å²) in [5.74, 6) is 0.355. The Labute approximate surface area is 72.5 Å². The first-order valence-corrected chi connectivity index (χ1v) is 4.32. The molecular formula is C11H12O. The van der Waals surface area contributed by atoms with E-state index in [4.69, 9.17) is 0 Å². The highest BCUT2D eigenvalue weighted by molar-refractivity contribution is 5.93. The maximum Gasteiger partial charge on any atom is 0.146 e. The van der Waals surface area contributed by atoms with Gasteiger partial charge in [-0.25, -0.2) is 0 Å². The second-order valence-electron chi connectivity index (χ2n) is 3.56. The second-order valence-corrected chi connectivity index (χ2v) is 3.56. The van der Waals surface area contributed by atoms with Crippen LogP contribution in [0.2, 0.25) is 0 Å². The smallest absolute Gasteiger partial charge is 0.146 e. The largest absolute Gasteiger partial charge is 0.298 e. The molecule has 0 aromatic heterocycles. The van der Waals surface area contributed by atoms with Crippen LogP contribution >= 0.6 is 0 Å². The summed E-state index contributed by atoms with van der Waals surface area (Å²) in [7, 11) is 0. The molecule has 1 saturated carbocycles. The van der Waals surface area contributed by atoms with Crippen LogP contribution in [0.25, 0.3) is 0 Å². The third-order valence-electron chi connectivity index (χ3n) is 2.82. The first kappa shape index (κ1) is 7.53. The topological polar surface area (TPSA) is 17.1 Å². The van der Waals surface area contributed by atoms with Gasteiger partial charge in [0.2, 0.25) is 0 Å². The molecule has 1 heteroatoms. The van der Waals surface area contributed by atoms with Crippen molar-refractivity contribution >= 4 is 5.78 Å². The van der Waals surface area contributed by atoms with Crippen molar-refractivity contribution in [2.45, 2.75) is 19.8 Å². The molecule has 0 bridgehead atoms. The Kier molecular flexibility index (Phi) is 1.53. The fourth-order valence-corrected chi connectivity index (χ4v) is 1.89. The van der Waals surface area contributed by atoms with Crippen LogP contribution in [0.15, 0.2) is 36.0 Å². The van der Waals surface area contributed by atoms with E-state index in [0.29, 0.717) is 12.2 Å². The maximum absolute atomic E-state index is 11.6. The van der Waals surface area contributed by atoms with Crippen molar-refractivity contribution in [3.8, 4) is 0 Å². The predicted molar refractivity (Wildman–Crippen MR) is 48.7 cm³/mol. The standard InChI is InChI=1S/C11H12O/c1-11-8-4-2-3-5-9(11)6-7-10(11)12/h2-5,8H,6-7H2,1H3. The van der Waals surface area contributed by atoms with Gasteiger partial charge in [0.05, 0.1) is 5.41 Å². The van der Waals surface area contributed by atoms with Crippen LogP contribution in [-0.4, -0.2) is 5.78 Å². The fourth-order valence-electron chi connectivity index (χ4n) is 1.89. The van der Waals surface area contributed by atoms with Crippen LogP contribution in [0.1, 0.15) is 19.8 Å². The fraction of sp³-hybridized carbons (Fsp3) is 0.364. The third kappa shape index (κ3) is 0.893. The van der Waals surface area contributed by atoms with E-state index in [9.17, 15) is 4.79 Å². The average molecular weight is 160 g/mol. The van der Waals surface area contributed by atoms with E-state index in [0.717, 1.165) is 6.42 Å². The van der Waals surface area contributed by atoms with Gasteiger partial charge in [-0.05, 0) is 13.3 Å². The van der Waals surface area contributed by atoms with Gasteiger partial charge in [-0.1, -0.05) is 36.0 Å². The third-order valence-corrected chi connectivity index (χ3v) is 2.82. The molecule has 2 rings (SSSR count). The van der Waals surface area contributed by atoms with Gasteiger partial charge in [0, 0.05) is 6.42 Å². The lowest BCUT2D eigenvalue weighted by molar-refractivity contribution is -0.122. The Morgan fingerprint density at radius 1 is 1.25 bits per heavy atom. The number of hydrogen-bond acceptors (Lipinski definition) is 1. The number of allylic oxidation sites excluding steroid dienone is 6. The summed E-state index contributed by atoms with van der Waals surface area (Å²) in [6, 6.07) is 0. The SMILES string of the molecule is CC12C=CC=CC=C1CCC2=O. The number of carbonyl (C=O) groups is 1. The Morgan fingerprint density at radius 2 is 2.08 bits per heavy atom. The van der Waals surface area contributed by atoms with Crippen LogP contribution in [0.3, 0.4) is 0 Å². The summed E-state index contributed by atoms with van der Waals surface area (Å²) in [4.78, 5) is 11.6. The van der Waals surface area contributed by atoms with Gasteiger partial charge < -0.3 is 0 Å². The highest BCUT2D eigenvalue weighted by atomic mass is 16.1. The molecule has 0 N–H and O–H groups in total. The van der Waals surface area contributed by atoms with Gasteiger partial charge in [0.25, 0.3) is 0 Å². The molecule has 0 aromatic carbocycles. The van der Waals surface area contributed by atoms with Crippen molar-refractivity contribution in [3.63, 3.8) is 0 Å². The van der Waals surface area contributed by atoms with E-state index in [1.165, 1.54) is 5.57 Å². The van der Waals surface area contributed by atoms with Gasteiger partial charge in [-0.3, -0.25) is 4.79 Å². The van der Waals surface area contributed by atoms with Gasteiger partial charge in [-0.15, -0.1) is 0 Å². The van der Waals surface area contributed by atoms with Crippen molar-refractivity contribution in [2.24, 2.45) is 5.41 Å². The lowest BCUT2D eigenvalue weighted by Gasteiger charge is -2.18. The molecule has 62 valence electrons. The summed E-state index contributed by atoms with van der Waals surface area (Å²) in [5, 5.41) is 0. The summed E-state index contributed by atoms with van der Waals surface area (Å²) in [6.45, 7) is 2.01. The number of fused-ring (bicyclic) bond motifs is 1. The Hall–Kier alpha value is -1.11. The van der Waals surface area contributed by atoms with Crippen LogP contribution in [0.4, 0.5) is 0 Å². The average Bonchev–Trinajstić information content (AvgIpc) is 2.24. The highest BCUT2D eigenvalue weighted by Crippen LogP contribution is 2.41. The quantitative estimate of drug-likeness (QED) is 0.532. The van der Waals surface area contributed by atoms with Gasteiger partial charge >= 0.3 is 0 Å². The number of ketones is 1. The Bertz CT molecular complexity index is 307. The van der Waals surface area contributed by atoms with E-state index in [1.807, 2.05) is 31.2 Å². The zero-order chi connectivity index (χ0) is 8.60. The lowest BCUT2D eigenvalue weighted by atomic mass is 9.84. The molecule has 0 heterocycles. The minimum Gasteiger partial charge on any atom is -0.298 e. The molecule has 12 heavy (non-hydrogen) atoms. The Morgan fingerprint density at radius 3 is 2.92 bits per heavy atom. The zero-order valence-electron chi connectivity index (χ0n) is 7.21. The van der Waals surface area contributed by atoms with Gasteiger partial charge in [0.15, 0.2) is 0 Å². The molecule has 0 aromatic rings. The molecule has 0 radical (unpaired) electrons. The summed E-state index contributed by atoms with van der Waals surface area (Å²) < 4.78 is 0. The van der Waals surface area contributed by atoms with E-state index >= 15 is 0 Å². The Balaban J connectivity index is 2.51. The summed E-state index contributed by atoms with van der Waals surface area (Å²) in [6.07, 6.45) is 11.7. The van der Waals surface area contributed by atoms with Crippen molar-refractivity contribution in [3.05, 3.63) is 36.0 Å².